The molecule has 0 radical (unpaired) electrons. The van der Waals surface area contributed by atoms with Crippen LogP contribution in [0.1, 0.15) is 62.6 Å². The fourth-order valence-corrected chi connectivity index (χ4v) is 8.65. The topological polar surface area (TPSA) is 120 Å². The molecule has 5 atom stereocenters. The molecule has 1 aromatic heterocycles. The van der Waals surface area contributed by atoms with Crippen LogP contribution in [0.3, 0.4) is 0 Å². The number of rotatable bonds is 17. The Morgan fingerprint density at radius 2 is 1.52 bits per heavy atom. The van der Waals surface area contributed by atoms with E-state index in [-0.39, 0.29) is 42.0 Å². The molecule has 3 aromatic carbocycles. The van der Waals surface area contributed by atoms with Gasteiger partial charge in [0.1, 0.15) is 29.3 Å². The number of aryl methyl sites for hydroxylation is 1. The Bertz CT molecular complexity index is 1920. The van der Waals surface area contributed by atoms with Crippen molar-refractivity contribution in [2.75, 3.05) is 27.4 Å². The fourth-order valence-electron chi connectivity index (χ4n) is 6.63. The molecule has 0 amide bonds. The van der Waals surface area contributed by atoms with Crippen LogP contribution < -0.4 is 15.0 Å². The van der Waals surface area contributed by atoms with Crippen LogP contribution in [0.5, 0.6) is 11.5 Å². The van der Waals surface area contributed by atoms with Gasteiger partial charge in [-0.15, -0.1) is 0 Å². The number of halogens is 1. The fraction of sp³-hybridized carbons (Fsp3) is 0.425. The summed E-state index contributed by atoms with van der Waals surface area (Å²) < 4.78 is 58.2. The number of aromatic amines is 1. The lowest BCUT2D eigenvalue weighted by Crippen LogP contribution is -2.41. The molecule has 0 bridgehead atoms. The Labute approximate surface area is 322 Å². The molecule has 14 heteroatoms. The summed E-state index contributed by atoms with van der Waals surface area (Å²) in [7, 11) is 1.33. The standard InChI is InChI=1S/C40H48FN4O7PS/c1-26(2)45(27(3)4)53(50-23-11-22-42)52-36-34(51-38(35(36)41)44-24-28(5)37(46)43-39(44)54)25-49-40(29-12-9-8-10-13-29,30-14-18-32(47-6)19-15-30)31-16-20-33(48-7)21-17-31/h8-10,12-21,24,26-27,34-36,38H,11,23,25H2,1-7H3,(H,43,46,54)/t34-,35-,36-,38-,53?/m1/s1. The summed E-state index contributed by atoms with van der Waals surface area (Å²) in [5.74, 6) is 1.34. The Balaban J connectivity index is 1.64. The van der Waals surface area contributed by atoms with Crippen molar-refractivity contribution in [3.8, 4) is 17.6 Å². The number of ether oxygens (including phenoxy) is 4. The lowest BCUT2D eigenvalue weighted by molar-refractivity contribution is -0.0931. The van der Waals surface area contributed by atoms with Gasteiger partial charge in [-0.3, -0.25) is 14.3 Å². The number of methoxy groups -OCH3 is 2. The van der Waals surface area contributed by atoms with Gasteiger partial charge in [-0.25, -0.2) is 9.06 Å². The first-order chi connectivity index (χ1) is 25.9. The van der Waals surface area contributed by atoms with Gasteiger partial charge in [-0.2, -0.15) is 5.26 Å². The van der Waals surface area contributed by atoms with Crippen molar-refractivity contribution >= 4 is 20.7 Å². The monoisotopic (exact) mass is 778 g/mol. The van der Waals surface area contributed by atoms with Crippen molar-refractivity contribution in [1.29, 1.82) is 5.26 Å². The molecule has 2 heterocycles. The lowest BCUT2D eigenvalue weighted by Gasteiger charge is -2.39. The summed E-state index contributed by atoms with van der Waals surface area (Å²) in [6.45, 7) is 9.60. The zero-order chi connectivity index (χ0) is 39.0. The minimum Gasteiger partial charge on any atom is -0.497 e. The maximum absolute atomic E-state index is 17.2. The second kappa shape index (κ2) is 18.6. The molecule has 5 rings (SSSR count). The smallest absolute Gasteiger partial charge is 0.259 e. The highest BCUT2D eigenvalue weighted by atomic mass is 32.1. The molecule has 0 spiro atoms. The molecule has 288 valence electrons. The lowest BCUT2D eigenvalue weighted by atomic mass is 9.80. The van der Waals surface area contributed by atoms with E-state index in [1.807, 2.05) is 111 Å². The summed E-state index contributed by atoms with van der Waals surface area (Å²) in [5.41, 5.74) is 1.13. The number of benzene rings is 3. The molecule has 1 fully saturated rings. The van der Waals surface area contributed by atoms with Gasteiger partial charge in [0.15, 0.2) is 17.2 Å². The SMILES string of the molecule is COc1ccc(C(OC[C@H]2O[C@@H](n3cc(C)c(=O)[nH]c3=S)[C@H](F)[C@@H]2OP(OCCC#N)N(C(C)C)C(C)C)(c2ccccc2)c2ccc(OC)cc2)cc1. The van der Waals surface area contributed by atoms with Gasteiger partial charge in [0, 0.05) is 23.8 Å². The maximum Gasteiger partial charge on any atom is 0.259 e. The zero-order valence-electron chi connectivity index (χ0n) is 31.6. The molecule has 54 heavy (non-hydrogen) atoms. The molecule has 0 aliphatic carbocycles. The normalized spacial score (nSPS) is 19.3. The van der Waals surface area contributed by atoms with Gasteiger partial charge in [0.25, 0.3) is 14.1 Å². The number of H-pyrrole nitrogens is 1. The van der Waals surface area contributed by atoms with E-state index < -0.39 is 38.7 Å². The van der Waals surface area contributed by atoms with Gasteiger partial charge < -0.3 is 28.0 Å². The van der Waals surface area contributed by atoms with Gasteiger partial charge in [-0.1, -0.05) is 54.6 Å². The van der Waals surface area contributed by atoms with E-state index in [1.54, 1.807) is 21.1 Å². The van der Waals surface area contributed by atoms with E-state index in [9.17, 15) is 10.1 Å². The summed E-state index contributed by atoms with van der Waals surface area (Å²) in [5, 5.41) is 9.29. The van der Waals surface area contributed by atoms with Crippen molar-refractivity contribution in [2.45, 2.75) is 83.3 Å². The predicted molar refractivity (Wildman–Crippen MR) is 208 cm³/mol. The number of hydrogen-bond donors (Lipinski definition) is 1. The van der Waals surface area contributed by atoms with Crippen LogP contribution in [0.25, 0.3) is 0 Å². The summed E-state index contributed by atoms with van der Waals surface area (Å²) in [6.07, 6.45) is -3.61. The molecule has 1 aliphatic heterocycles. The van der Waals surface area contributed by atoms with Crippen LogP contribution in [-0.4, -0.2) is 72.1 Å². The second-order valence-corrected chi connectivity index (χ2v) is 15.2. The van der Waals surface area contributed by atoms with Crippen molar-refractivity contribution in [2.24, 2.45) is 0 Å². The van der Waals surface area contributed by atoms with Crippen LogP contribution in [-0.2, 0) is 24.1 Å². The molecular formula is C40H48FN4O7PS. The van der Waals surface area contributed by atoms with Crippen molar-refractivity contribution < 1.29 is 32.4 Å². The summed E-state index contributed by atoms with van der Waals surface area (Å²) in [6, 6.07) is 27.0. The average molecular weight is 779 g/mol. The number of alkyl halides is 1. The highest BCUT2D eigenvalue weighted by molar-refractivity contribution is 7.71. The Hall–Kier alpha value is -3.99. The first-order valence-corrected chi connectivity index (χ1v) is 19.3. The van der Waals surface area contributed by atoms with E-state index >= 15 is 4.39 Å². The molecule has 0 saturated carbocycles. The van der Waals surface area contributed by atoms with E-state index in [0.29, 0.717) is 17.1 Å². The predicted octanol–water partition coefficient (Wildman–Crippen LogP) is 8.14. The number of aromatic nitrogens is 2. The zero-order valence-corrected chi connectivity index (χ0v) is 33.3. The largest absolute Gasteiger partial charge is 0.497 e. The minimum atomic E-state index is -1.88. The van der Waals surface area contributed by atoms with E-state index in [2.05, 4.69) is 11.1 Å². The van der Waals surface area contributed by atoms with E-state index in [1.165, 1.54) is 10.8 Å². The van der Waals surface area contributed by atoms with Crippen molar-refractivity contribution in [1.82, 2.24) is 14.2 Å². The Morgan fingerprint density at radius 3 is 2.04 bits per heavy atom. The Morgan fingerprint density at radius 1 is 0.963 bits per heavy atom. The van der Waals surface area contributed by atoms with E-state index in [0.717, 1.165) is 16.7 Å². The molecule has 1 N–H and O–H groups in total. The molecule has 1 unspecified atom stereocenters. The number of nitrogens with zero attached hydrogens (tertiary/aromatic N) is 3. The molecule has 1 aliphatic rings. The van der Waals surface area contributed by atoms with E-state index in [4.69, 9.17) is 40.2 Å². The number of nitrogens with one attached hydrogen (secondary N) is 1. The van der Waals surface area contributed by atoms with Crippen LogP contribution in [0, 0.1) is 23.0 Å². The van der Waals surface area contributed by atoms with Gasteiger partial charge >= 0.3 is 0 Å². The first kappa shape index (κ1) is 41.2. The van der Waals surface area contributed by atoms with Crippen LogP contribution in [0.4, 0.5) is 4.39 Å². The van der Waals surface area contributed by atoms with Crippen molar-refractivity contribution in [3.05, 3.63) is 122 Å². The maximum atomic E-state index is 17.2. The second-order valence-electron chi connectivity index (χ2n) is 13.4. The average Bonchev–Trinajstić information content (AvgIpc) is 3.47. The molecule has 4 aromatic rings. The Kier molecular flexibility index (Phi) is 14.2. The van der Waals surface area contributed by atoms with Crippen LogP contribution >= 0.6 is 20.7 Å². The number of nitriles is 1. The molecule has 1 saturated heterocycles. The molecule has 11 nitrogen and oxygen atoms in total. The third-order valence-electron chi connectivity index (χ3n) is 9.20. The van der Waals surface area contributed by atoms with Crippen LogP contribution in [0.2, 0.25) is 0 Å². The van der Waals surface area contributed by atoms with Crippen molar-refractivity contribution in [3.63, 3.8) is 0 Å². The van der Waals surface area contributed by atoms with Crippen LogP contribution in [0.15, 0.2) is 89.9 Å². The highest BCUT2D eigenvalue weighted by Gasteiger charge is 2.51. The quantitative estimate of drug-likeness (QED) is 0.0487. The van der Waals surface area contributed by atoms with Gasteiger partial charge in [0.2, 0.25) is 0 Å². The third-order valence-corrected chi connectivity index (χ3v) is 11.6. The highest BCUT2D eigenvalue weighted by Crippen LogP contribution is 2.51. The third kappa shape index (κ3) is 8.93. The minimum absolute atomic E-state index is 0.00666. The van der Waals surface area contributed by atoms with Gasteiger partial charge in [-0.05, 0) is 87.8 Å². The first-order valence-electron chi connectivity index (χ1n) is 17.8. The summed E-state index contributed by atoms with van der Waals surface area (Å²) in [4.78, 5) is 15.0. The molecular weight excluding hydrogens is 730 g/mol. The number of hydrogen-bond acceptors (Lipinski definition) is 10. The van der Waals surface area contributed by atoms with Gasteiger partial charge in [0.05, 0.1) is 39.9 Å². The summed E-state index contributed by atoms with van der Waals surface area (Å²) >= 11 is 5.50.